The van der Waals surface area contributed by atoms with Gasteiger partial charge in [0.25, 0.3) is 0 Å². The van der Waals surface area contributed by atoms with Gasteiger partial charge in [-0.05, 0) is 43.2 Å². The number of rotatable bonds is 5. The maximum Gasteiger partial charge on any atom is 0.124 e. The molecule has 1 atom stereocenters. The molecular weight excluding hydrogens is 364 g/mol. The molecule has 128 valence electrons. The summed E-state index contributed by atoms with van der Waals surface area (Å²) in [7, 11) is 0. The summed E-state index contributed by atoms with van der Waals surface area (Å²) in [6, 6.07) is 15.3. The predicted octanol–water partition coefficient (Wildman–Crippen LogP) is 4.15. The molecular formula is C20H25BrN2O. The Balaban J connectivity index is 2.11. The molecule has 24 heavy (non-hydrogen) atoms. The van der Waals surface area contributed by atoms with Crippen molar-refractivity contribution in [1.82, 2.24) is 10.2 Å². The van der Waals surface area contributed by atoms with Gasteiger partial charge in [0.2, 0.25) is 0 Å². The molecule has 3 rings (SSSR count). The average Bonchev–Trinajstić information content (AvgIpc) is 2.60. The highest BCUT2D eigenvalue weighted by Gasteiger charge is 2.27. The molecule has 1 aliphatic rings. The van der Waals surface area contributed by atoms with Gasteiger partial charge in [0, 0.05) is 36.2 Å². The van der Waals surface area contributed by atoms with E-state index in [9.17, 15) is 0 Å². The van der Waals surface area contributed by atoms with Crippen LogP contribution in [0.15, 0.2) is 46.9 Å². The van der Waals surface area contributed by atoms with Crippen LogP contribution in [0.4, 0.5) is 0 Å². The predicted molar refractivity (Wildman–Crippen MR) is 103 cm³/mol. The summed E-state index contributed by atoms with van der Waals surface area (Å²) >= 11 is 3.64. The Kier molecular flexibility index (Phi) is 5.93. The van der Waals surface area contributed by atoms with E-state index in [1.54, 1.807) is 0 Å². The molecule has 0 spiro atoms. The third-order valence-electron chi connectivity index (χ3n) is 4.57. The van der Waals surface area contributed by atoms with Gasteiger partial charge in [-0.3, -0.25) is 4.90 Å². The van der Waals surface area contributed by atoms with Crippen LogP contribution < -0.4 is 10.1 Å². The molecule has 1 N–H and O–H groups in total. The number of halogens is 1. The van der Waals surface area contributed by atoms with Crippen LogP contribution in [0.1, 0.15) is 29.7 Å². The molecule has 2 aromatic carbocycles. The van der Waals surface area contributed by atoms with Gasteiger partial charge < -0.3 is 10.1 Å². The molecule has 0 aromatic heterocycles. The largest absolute Gasteiger partial charge is 0.494 e. The summed E-state index contributed by atoms with van der Waals surface area (Å²) in [5, 5.41) is 3.46. The fourth-order valence-electron chi connectivity index (χ4n) is 3.41. The molecule has 0 aliphatic carbocycles. The smallest absolute Gasteiger partial charge is 0.124 e. The summed E-state index contributed by atoms with van der Waals surface area (Å²) in [6.45, 7) is 9.05. The first kappa shape index (κ1) is 17.5. The third kappa shape index (κ3) is 3.82. The van der Waals surface area contributed by atoms with Crippen molar-refractivity contribution in [2.45, 2.75) is 19.9 Å². The topological polar surface area (TPSA) is 24.5 Å². The van der Waals surface area contributed by atoms with Crippen LogP contribution in [-0.4, -0.2) is 37.7 Å². The first-order valence-corrected chi connectivity index (χ1v) is 9.42. The number of aryl methyl sites for hydroxylation is 1. The lowest BCUT2D eigenvalue weighted by atomic mass is 9.92. The lowest BCUT2D eigenvalue weighted by Crippen LogP contribution is -2.45. The van der Waals surface area contributed by atoms with Crippen molar-refractivity contribution in [2.24, 2.45) is 0 Å². The quantitative estimate of drug-likeness (QED) is 0.832. The Morgan fingerprint density at radius 3 is 2.58 bits per heavy atom. The summed E-state index contributed by atoms with van der Waals surface area (Å²) in [6.07, 6.45) is 0. The van der Waals surface area contributed by atoms with Crippen LogP contribution in [0, 0.1) is 6.92 Å². The summed E-state index contributed by atoms with van der Waals surface area (Å²) in [5.41, 5.74) is 3.92. The van der Waals surface area contributed by atoms with Crippen molar-refractivity contribution in [3.63, 3.8) is 0 Å². The number of nitrogens with zero attached hydrogens (tertiary/aromatic N) is 1. The number of ether oxygens (including phenoxy) is 1. The second-order valence-electron chi connectivity index (χ2n) is 6.16. The van der Waals surface area contributed by atoms with E-state index < -0.39 is 0 Å². The summed E-state index contributed by atoms with van der Waals surface area (Å²) in [4.78, 5) is 2.56. The molecule has 1 heterocycles. The minimum Gasteiger partial charge on any atom is -0.494 e. The van der Waals surface area contributed by atoms with Gasteiger partial charge in [0.05, 0.1) is 12.6 Å². The van der Waals surface area contributed by atoms with Crippen molar-refractivity contribution in [3.8, 4) is 5.75 Å². The molecule has 4 heteroatoms. The second kappa shape index (κ2) is 8.15. The molecule has 1 fully saturated rings. The SMILES string of the molecule is CCOc1ccc(Br)cc1C(c1ccccc1C)N1CCNCC1. The van der Waals surface area contributed by atoms with Crippen LogP contribution >= 0.6 is 15.9 Å². The normalized spacial score (nSPS) is 16.8. The van der Waals surface area contributed by atoms with E-state index >= 15 is 0 Å². The minimum absolute atomic E-state index is 0.215. The third-order valence-corrected chi connectivity index (χ3v) is 5.06. The zero-order valence-corrected chi connectivity index (χ0v) is 16.0. The van der Waals surface area contributed by atoms with Gasteiger partial charge in [-0.15, -0.1) is 0 Å². The van der Waals surface area contributed by atoms with Crippen LogP contribution in [0.2, 0.25) is 0 Å². The minimum atomic E-state index is 0.215. The monoisotopic (exact) mass is 388 g/mol. The molecule has 0 saturated carbocycles. The van der Waals surface area contributed by atoms with Gasteiger partial charge in [0.1, 0.15) is 5.75 Å². The fraction of sp³-hybridized carbons (Fsp3) is 0.400. The summed E-state index contributed by atoms with van der Waals surface area (Å²) < 4.78 is 7.05. The highest BCUT2D eigenvalue weighted by atomic mass is 79.9. The lowest BCUT2D eigenvalue weighted by molar-refractivity contribution is 0.193. The van der Waals surface area contributed by atoms with Crippen LogP contribution in [-0.2, 0) is 0 Å². The van der Waals surface area contributed by atoms with Gasteiger partial charge in [-0.1, -0.05) is 40.2 Å². The van der Waals surface area contributed by atoms with Gasteiger partial charge in [0.15, 0.2) is 0 Å². The Morgan fingerprint density at radius 1 is 1.12 bits per heavy atom. The van der Waals surface area contributed by atoms with E-state index in [4.69, 9.17) is 4.74 Å². The van der Waals surface area contributed by atoms with Crippen LogP contribution in [0.3, 0.4) is 0 Å². The number of hydrogen-bond acceptors (Lipinski definition) is 3. The van der Waals surface area contributed by atoms with Crippen molar-refractivity contribution >= 4 is 15.9 Å². The molecule has 1 saturated heterocycles. The van der Waals surface area contributed by atoms with Gasteiger partial charge >= 0.3 is 0 Å². The second-order valence-corrected chi connectivity index (χ2v) is 7.08. The Labute approximate surface area is 153 Å². The molecule has 3 nitrogen and oxygen atoms in total. The van der Waals surface area contributed by atoms with Crippen molar-refractivity contribution in [2.75, 3.05) is 32.8 Å². The average molecular weight is 389 g/mol. The van der Waals surface area contributed by atoms with Crippen LogP contribution in [0.5, 0.6) is 5.75 Å². The Hall–Kier alpha value is -1.36. The summed E-state index contributed by atoms with van der Waals surface area (Å²) in [5.74, 6) is 0.979. The number of hydrogen-bond donors (Lipinski definition) is 1. The first-order valence-electron chi connectivity index (χ1n) is 8.63. The molecule has 0 bridgehead atoms. The maximum absolute atomic E-state index is 5.96. The van der Waals surface area contributed by atoms with E-state index in [0.29, 0.717) is 6.61 Å². The standard InChI is InChI=1S/C20H25BrN2O/c1-3-24-19-9-8-16(21)14-18(19)20(23-12-10-22-11-13-23)17-7-5-4-6-15(17)2/h4-9,14,20,22H,3,10-13H2,1-2H3. The Bertz CT molecular complexity index is 683. The van der Waals surface area contributed by atoms with E-state index in [1.807, 2.05) is 6.92 Å². The van der Waals surface area contributed by atoms with Crippen molar-refractivity contribution < 1.29 is 4.74 Å². The molecule has 2 aromatic rings. The molecule has 0 amide bonds. The van der Waals surface area contributed by atoms with E-state index in [1.165, 1.54) is 16.7 Å². The van der Waals surface area contributed by atoms with Crippen LogP contribution in [0.25, 0.3) is 0 Å². The molecule has 0 radical (unpaired) electrons. The van der Waals surface area contributed by atoms with E-state index in [2.05, 4.69) is 75.5 Å². The number of piperazine rings is 1. The van der Waals surface area contributed by atoms with Crippen molar-refractivity contribution in [3.05, 3.63) is 63.6 Å². The highest BCUT2D eigenvalue weighted by Crippen LogP contribution is 2.38. The lowest BCUT2D eigenvalue weighted by Gasteiger charge is -2.37. The zero-order valence-electron chi connectivity index (χ0n) is 14.4. The molecule has 1 unspecified atom stereocenters. The van der Waals surface area contributed by atoms with E-state index in [0.717, 1.165) is 36.4 Å². The number of benzene rings is 2. The first-order chi connectivity index (χ1) is 11.7. The molecule has 1 aliphatic heterocycles. The zero-order chi connectivity index (χ0) is 16.9. The van der Waals surface area contributed by atoms with Crippen molar-refractivity contribution in [1.29, 1.82) is 0 Å². The van der Waals surface area contributed by atoms with Gasteiger partial charge in [-0.2, -0.15) is 0 Å². The Morgan fingerprint density at radius 2 is 1.88 bits per heavy atom. The van der Waals surface area contributed by atoms with E-state index in [-0.39, 0.29) is 6.04 Å². The van der Waals surface area contributed by atoms with Gasteiger partial charge in [-0.25, -0.2) is 0 Å². The number of nitrogens with one attached hydrogen (secondary N) is 1. The fourth-order valence-corrected chi connectivity index (χ4v) is 3.79. The maximum atomic E-state index is 5.96. The highest BCUT2D eigenvalue weighted by molar-refractivity contribution is 9.10.